The van der Waals surface area contributed by atoms with Gasteiger partial charge in [-0.1, -0.05) is 18.2 Å². The Morgan fingerprint density at radius 3 is 2.50 bits per heavy atom. The fourth-order valence-electron chi connectivity index (χ4n) is 1.79. The van der Waals surface area contributed by atoms with Crippen molar-refractivity contribution in [3.05, 3.63) is 47.8 Å². The number of aromatic nitrogens is 2. The van der Waals surface area contributed by atoms with Crippen LogP contribution in [-0.4, -0.2) is 24.2 Å². The summed E-state index contributed by atoms with van der Waals surface area (Å²) in [5, 5.41) is 0. The van der Waals surface area contributed by atoms with Crippen molar-refractivity contribution in [2.45, 2.75) is 12.7 Å². The van der Waals surface area contributed by atoms with Crippen molar-refractivity contribution < 1.29 is 18.3 Å². The van der Waals surface area contributed by atoms with Crippen LogP contribution >= 0.6 is 0 Å². The summed E-state index contributed by atoms with van der Waals surface area (Å²) in [6.07, 6.45) is -1.60. The Bertz CT molecular complexity index is 575. The van der Waals surface area contributed by atoms with Gasteiger partial charge in [-0.25, -0.2) is 18.7 Å². The normalized spacial score (nSPS) is 11.3. The summed E-state index contributed by atoms with van der Waals surface area (Å²) in [5.74, 6) is 0.351. The van der Waals surface area contributed by atoms with Crippen LogP contribution in [0.25, 0.3) is 11.4 Å². The highest BCUT2D eigenvalue weighted by molar-refractivity contribution is 5.56. The summed E-state index contributed by atoms with van der Waals surface area (Å²) < 4.78 is 35.6. The molecule has 0 aliphatic heterocycles. The van der Waals surface area contributed by atoms with Crippen molar-refractivity contribution >= 4 is 0 Å². The molecule has 20 heavy (non-hydrogen) atoms. The SMILES string of the molecule is COC(OC)c1ccnc(-c2cccc(C(F)F)c2)n1. The van der Waals surface area contributed by atoms with Crippen LogP contribution in [0.4, 0.5) is 8.78 Å². The quantitative estimate of drug-likeness (QED) is 0.788. The molecule has 0 saturated heterocycles. The van der Waals surface area contributed by atoms with Crippen molar-refractivity contribution in [3.8, 4) is 11.4 Å². The van der Waals surface area contributed by atoms with Crippen molar-refractivity contribution in [2.75, 3.05) is 14.2 Å². The van der Waals surface area contributed by atoms with Gasteiger partial charge in [0.05, 0.1) is 0 Å². The van der Waals surface area contributed by atoms with Gasteiger partial charge in [0.2, 0.25) is 6.29 Å². The molecule has 0 radical (unpaired) electrons. The average Bonchev–Trinajstić information content (AvgIpc) is 2.49. The number of benzene rings is 1. The second-order valence-electron chi connectivity index (χ2n) is 4.03. The first kappa shape index (κ1) is 14.5. The first-order valence-electron chi connectivity index (χ1n) is 5.92. The third kappa shape index (κ3) is 3.15. The van der Waals surface area contributed by atoms with Crippen LogP contribution in [0, 0.1) is 0 Å². The third-order valence-electron chi connectivity index (χ3n) is 2.74. The van der Waals surface area contributed by atoms with Gasteiger partial charge in [-0.05, 0) is 12.1 Å². The van der Waals surface area contributed by atoms with Crippen molar-refractivity contribution in [2.24, 2.45) is 0 Å². The summed E-state index contributed by atoms with van der Waals surface area (Å²) in [7, 11) is 2.99. The minimum absolute atomic E-state index is 0.0634. The number of halogens is 2. The fourth-order valence-corrected chi connectivity index (χ4v) is 1.79. The molecule has 1 aromatic carbocycles. The second-order valence-corrected chi connectivity index (χ2v) is 4.03. The highest BCUT2D eigenvalue weighted by atomic mass is 19.3. The van der Waals surface area contributed by atoms with Crippen LogP contribution in [0.2, 0.25) is 0 Å². The van der Waals surface area contributed by atoms with E-state index in [0.29, 0.717) is 17.1 Å². The summed E-state index contributed by atoms with van der Waals surface area (Å²) >= 11 is 0. The van der Waals surface area contributed by atoms with E-state index in [1.54, 1.807) is 18.2 Å². The number of ether oxygens (including phenoxy) is 2. The summed E-state index contributed by atoms with van der Waals surface area (Å²) in [6.45, 7) is 0. The van der Waals surface area contributed by atoms with E-state index < -0.39 is 12.7 Å². The van der Waals surface area contributed by atoms with Crippen LogP contribution < -0.4 is 0 Å². The van der Waals surface area contributed by atoms with Crippen LogP contribution in [0.5, 0.6) is 0 Å². The Morgan fingerprint density at radius 2 is 1.85 bits per heavy atom. The molecule has 0 aliphatic rings. The lowest BCUT2D eigenvalue weighted by molar-refractivity contribution is -0.108. The standard InChI is InChI=1S/C14H14F2N2O2/c1-19-14(20-2)11-6-7-17-13(18-11)10-5-3-4-9(8-10)12(15)16/h3-8,12,14H,1-2H3. The fraction of sp³-hybridized carbons (Fsp3) is 0.286. The maximum Gasteiger partial charge on any atom is 0.263 e. The lowest BCUT2D eigenvalue weighted by Crippen LogP contribution is -2.07. The number of rotatable bonds is 5. The number of hydrogen-bond acceptors (Lipinski definition) is 4. The summed E-state index contributed by atoms with van der Waals surface area (Å²) in [5.41, 5.74) is 0.990. The molecule has 0 unspecified atom stereocenters. The molecule has 106 valence electrons. The van der Waals surface area contributed by atoms with E-state index in [4.69, 9.17) is 9.47 Å². The van der Waals surface area contributed by atoms with Gasteiger partial charge in [0, 0.05) is 31.5 Å². The van der Waals surface area contributed by atoms with E-state index >= 15 is 0 Å². The minimum atomic E-state index is -2.52. The van der Waals surface area contributed by atoms with Gasteiger partial charge in [0.1, 0.15) is 5.69 Å². The predicted octanol–water partition coefficient (Wildman–Crippen LogP) is 3.37. The first-order chi connectivity index (χ1) is 9.65. The maximum absolute atomic E-state index is 12.7. The van der Waals surface area contributed by atoms with Crippen LogP contribution in [0.15, 0.2) is 36.5 Å². The highest BCUT2D eigenvalue weighted by Crippen LogP contribution is 2.24. The van der Waals surface area contributed by atoms with Crippen molar-refractivity contribution in [1.29, 1.82) is 0 Å². The molecule has 0 spiro atoms. The van der Waals surface area contributed by atoms with Crippen molar-refractivity contribution in [1.82, 2.24) is 9.97 Å². The molecule has 4 nitrogen and oxygen atoms in total. The van der Waals surface area contributed by atoms with Crippen LogP contribution in [0.3, 0.4) is 0 Å². The van der Waals surface area contributed by atoms with E-state index in [9.17, 15) is 8.78 Å². The van der Waals surface area contributed by atoms with Gasteiger partial charge >= 0.3 is 0 Å². The molecular weight excluding hydrogens is 266 g/mol. The van der Waals surface area contributed by atoms with E-state index in [-0.39, 0.29) is 5.56 Å². The van der Waals surface area contributed by atoms with E-state index in [1.807, 2.05) is 0 Å². The Morgan fingerprint density at radius 1 is 1.10 bits per heavy atom. The van der Waals surface area contributed by atoms with Crippen molar-refractivity contribution in [3.63, 3.8) is 0 Å². The smallest absolute Gasteiger partial charge is 0.263 e. The zero-order valence-corrected chi connectivity index (χ0v) is 11.1. The molecule has 1 heterocycles. The Labute approximate surface area is 115 Å². The monoisotopic (exact) mass is 280 g/mol. The molecule has 6 heteroatoms. The number of methoxy groups -OCH3 is 2. The Hall–Kier alpha value is -1.92. The summed E-state index contributed by atoms with van der Waals surface area (Å²) in [6, 6.07) is 7.62. The molecular formula is C14H14F2N2O2. The lowest BCUT2D eigenvalue weighted by atomic mass is 10.1. The Balaban J connectivity index is 2.38. The zero-order valence-electron chi connectivity index (χ0n) is 11.1. The minimum Gasteiger partial charge on any atom is -0.350 e. The highest BCUT2D eigenvalue weighted by Gasteiger charge is 2.13. The zero-order chi connectivity index (χ0) is 14.5. The van der Waals surface area contributed by atoms with Crippen LogP contribution in [0.1, 0.15) is 24.0 Å². The lowest BCUT2D eigenvalue weighted by Gasteiger charge is -2.13. The first-order valence-corrected chi connectivity index (χ1v) is 5.92. The molecule has 0 fully saturated rings. The molecule has 0 aliphatic carbocycles. The van der Waals surface area contributed by atoms with Crippen LogP contribution in [-0.2, 0) is 9.47 Å². The number of nitrogens with zero attached hydrogens (tertiary/aromatic N) is 2. The molecule has 2 rings (SSSR count). The second kappa shape index (κ2) is 6.49. The van der Waals surface area contributed by atoms with Gasteiger partial charge in [-0.15, -0.1) is 0 Å². The molecule has 0 N–H and O–H groups in total. The largest absolute Gasteiger partial charge is 0.350 e. The molecule has 0 atom stereocenters. The van der Waals surface area contributed by atoms with Gasteiger partial charge in [-0.2, -0.15) is 0 Å². The molecule has 0 amide bonds. The van der Waals surface area contributed by atoms with E-state index in [1.165, 1.54) is 32.5 Å². The molecule has 0 saturated carbocycles. The third-order valence-corrected chi connectivity index (χ3v) is 2.74. The molecule has 2 aromatic rings. The van der Waals surface area contributed by atoms with E-state index in [2.05, 4.69) is 9.97 Å². The predicted molar refractivity (Wildman–Crippen MR) is 69.2 cm³/mol. The number of hydrogen-bond donors (Lipinski definition) is 0. The molecule has 1 aromatic heterocycles. The van der Waals surface area contributed by atoms with Gasteiger partial charge in [-0.3, -0.25) is 0 Å². The average molecular weight is 280 g/mol. The van der Waals surface area contributed by atoms with E-state index in [0.717, 1.165) is 0 Å². The summed E-state index contributed by atoms with van der Waals surface area (Å²) in [4.78, 5) is 8.37. The molecule has 0 bridgehead atoms. The van der Waals surface area contributed by atoms with Gasteiger partial charge in [0.25, 0.3) is 6.43 Å². The maximum atomic E-state index is 12.7. The van der Waals surface area contributed by atoms with Gasteiger partial charge < -0.3 is 9.47 Å². The Kier molecular flexibility index (Phi) is 4.70. The topological polar surface area (TPSA) is 44.2 Å². The number of alkyl halides is 2. The van der Waals surface area contributed by atoms with Gasteiger partial charge in [0.15, 0.2) is 5.82 Å².